The van der Waals surface area contributed by atoms with Crippen molar-refractivity contribution in [3.05, 3.63) is 0 Å². The number of carbonyl (C=O) groups is 1. The van der Waals surface area contributed by atoms with Crippen LogP contribution in [0.25, 0.3) is 0 Å². The molecule has 0 aliphatic heterocycles. The van der Waals surface area contributed by atoms with Crippen LogP contribution in [-0.2, 0) is 4.79 Å². The lowest BCUT2D eigenvalue weighted by Crippen LogP contribution is -2.47. The molecule has 0 aliphatic carbocycles. The summed E-state index contributed by atoms with van der Waals surface area (Å²) in [4.78, 5) is 9.76. The van der Waals surface area contributed by atoms with Crippen LogP contribution in [0.3, 0.4) is 0 Å². The molecular formula is C13H30NO2+. The van der Waals surface area contributed by atoms with Crippen molar-refractivity contribution < 1.29 is 14.4 Å². The van der Waals surface area contributed by atoms with E-state index in [1.807, 2.05) is 6.92 Å². The van der Waals surface area contributed by atoms with E-state index in [4.69, 9.17) is 5.11 Å². The summed E-state index contributed by atoms with van der Waals surface area (Å²) in [7, 11) is 0. The van der Waals surface area contributed by atoms with Gasteiger partial charge in [0.05, 0.1) is 26.2 Å². The van der Waals surface area contributed by atoms with Crippen LogP contribution in [-0.4, -0.2) is 41.7 Å². The molecule has 0 aromatic heterocycles. The molecule has 1 N–H and O–H groups in total. The highest BCUT2D eigenvalue weighted by Gasteiger charge is 2.16. The van der Waals surface area contributed by atoms with E-state index in [9.17, 15) is 4.79 Å². The van der Waals surface area contributed by atoms with Gasteiger partial charge < -0.3 is 9.59 Å². The SMILES string of the molecule is CCCCC(=O)O.CC[N+](CC)(CC)CC. The highest BCUT2D eigenvalue weighted by molar-refractivity contribution is 5.66. The minimum atomic E-state index is -0.693. The molecule has 0 aliphatic rings. The summed E-state index contributed by atoms with van der Waals surface area (Å²) in [5, 5.41) is 8.04. The van der Waals surface area contributed by atoms with Gasteiger partial charge in [0.2, 0.25) is 0 Å². The molecule has 0 saturated carbocycles. The number of aliphatic carboxylic acids is 1. The zero-order valence-corrected chi connectivity index (χ0v) is 11.8. The lowest BCUT2D eigenvalue weighted by Gasteiger charge is -2.34. The van der Waals surface area contributed by atoms with Crippen molar-refractivity contribution in [1.29, 1.82) is 0 Å². The molecule has 3 heteroatoms. The minimum Gasteiger partial charge on any atom is -0.481 e. The number of rotatable bonds is 7. The predicted octanol–water partition coefficient (Wildman–Crippen LogP) is 3.14. The fraction of sp³-hybridized carbons (Fsp3) is 0.923. The zero-order chi connectivity index (χ0) is 13.0. The highest BCUT2D eigenvalue weighted by Crippen LogP contribution is 2.03. The Morgan fingerprint density at radius 3 is 1.38 bits per heavy atom. The van der Waals surface area contributed by atoms with Gasteiger partial charge in [-0.3, -0.25) is 4.79 Å². The maximum atomic E-state index is 9.76. The van der Waals surface area contributed by atoms with E-state index in [-0.39, 0.29) is 0 Å². The van der Waals surface area contributed by atoms with Crippen molar-refractivity contribution in [2.45, 2.75) is 53.9 Å². The molecule has 0 fully saturated rings. The first-order valence-electron chi connectivity index (χ1n) is 6.58. The van der Waals surface area contributed by atoms with Crippen LogP contribution in [0.15, 0.2) is 0 Å². The number of quaternary nitrogens is 1. The van der Waals surface area contributed by atoms with Crippen LogP contribution >= 0.6 is 0 Å². The number of hydrogen-bond acceptors (Lipinski definition) is 1. The Balaban J connectivity index is 0. The van der Waals surface area contributed by atoms with E-state index >= 15 is 0 Å². The minimum absolute atomic E-state index is 0.316. The molecule has 0 aromatic carbocycles. The standard InChI is InChI=1S/C8H20N.C5H10O2/c1-5-9(6-2,7-3)8-4;1-2-3-4-5(6)7/h5-8H2,1-4H3;2-4H2,1H3,(H,6,7)/q+1;. The Morgan fingerprint density at radius 1 is 0.938 bits per heavy atom. The van der Waals surface area contributed by atoms with Crippen LogP contribution in [0.1, 0.15) is 53.9 Å². The summed E-state index contributed by atoms with van der Waals surface area (Å²) in [6.45, 7) is 16.2. The van der Waals surface area contributed by atoms with Gasteiger partial charge in [-0.25, -0.2) is 0 Å². The van der Waals surface area contributed by atoms with Gasteiger partial charge in [-0.05, 0) is 34.1 Å². The van der Waals surface area contributed by atoms with E-state index in [0.29, 0.717) is 6.42 Å². The van der Waals surface area contributed by atoms with E-state index in [0.717, 1.165) is 12.8 Å². The van der Waals surface area contributed by atoms with Crippen molar-refractivity contribution in [3.63, 3.8) is 0 Å². The summed E-state index contributed by atoms with van der Waals surface area (Å²) >= 11 is 0. The number of carboxylic acid groups (broad SMARTS) is 1. The van der Waals surface area contributed by atoms with E-state index in [1.165, 1.54) is 30.7 Å². The van der Waals surface area contributed by atoms with Gasteiger partial charge in [-0.15, -0.1) is 0 Å². The summed E-state index contributed by atoms with van der Waals surface area (Å²) in [5.74, 6) is -0.693. The number of nitrogens with zero attached hydrogens (tertiary/aromatic N) is 1. The lowest BCUT2D eigenvalue weighted by atomic mass is 10.3. The van der Waals surface area contributed by atoms with Gasteiger partial charge in [0.15, 0.2) is 0 Å². The first-order valence-corrected chi connectivity index (χ1v) is 6.58. The number of carboxylic acids is 1. The summed E-state index contributed by atoms with van der Waals surface area (Å²) in [6.07, 6.45) is 2.08. The van der Waals surface area contributed by atoms with Gasteiger partial charge in [-0.2, -0.15) is 0 Å². The average Bonchev–Trinajstić information content (AvgIpc) is 2.31. The quantitative estimate of drug-likeness (QED) is 0.685. The highest BCUT2D eigenvalue weighted by atomic mass is 16.4. The maximum Gasteiger partial charge on any atom is 0.303 e. The van der Waals surface area contributed by atoms with E-state index in [1.54, 1.807) is 0 Å². The van der Waals surface area contributed by atoms with Crippen LogP contribution in [0.4, 0.5) is 0 Å². The molecule has 0 heterocycles. The Bertz CT molecular complexity index is 148. The van der Waals surface area contributed by atoms with E-state index < -0.39 is 5.97 Å². The van der Waals surface area contributed by atoms with Crippen molar-refractivity contribution in [2.24, 2.45) is 0 Å². The molecule has 0 spiro atoms. The smallest absolute Gasteiger partial charge is 0.303 e. The topological polar surface area (TPSA) is 37.3 Å². The number of unbranched alkanes of at least 4 members (excludes halogenated alkanes) is 1. The molecule has 0 atom stereocenters. The van der Waals surface area contributed by atoms with Crippen molar-refractivity contribution in [2.75, 3.05) is 26.2 Å². The largest absolute Gasteiger partial charge is 0.481 e. The fourth-order valence-electron chi connectivity index (χ4n) is 1.67. The van der Waals surface area contributed by atoms with Crippen LogP contribution in [0.5, 0.6) is 0 Å². The zero-order valence-electron chi connectivity index (χ0n) is 11.8. The molecule has 0 bridgehead atoms. The Labute approximate surface area is 101 Å². The second kappa shape index (κ2) is 10.9. The Morgan fingerprint density at radius 2 is 1.31 bits per heavy atom. The molecule has 0 radical (unpaired) electrons. The van der Waals surface area contributed by atoms with Crippen LogP contribution < -0.4 is 0 Å². The first-order chi connectivity index (χ1) is 7.51. The summed E-state index contributed by atoms with van der Waals surface area (Å²) in [6, 6.07) is 0. The summed E-state index contributed by atoms with van der Waals surface area (Å²) < 4.78 is 1.28. The second-order valence-corrected chi connectivity index (χ2v) is 4.10. The molecule has 0 rings (SSSR count). The lowest BCUT2D eigenvalue weighted by molar-refractivity contribution is -0.921. The van der Waals surface area contributed by atoms with Crippen molar-refractivity contribution >= 4 is 5.97 Å². The fourth-order valence-corrected chi connectivity index (χ4v) is 1.67. The molecule has 0 amide bonds. The maximum absolute atomic E-state index is 9.76. The van der Waals surface area contributed by atoms with Crippen molar-refractivity contribution in [3.8, 4) is 0 Å². The Kier molecular flexibility index (Phi) is 12.2. The van der Waals surface area contributed by atoms with Gasteiger partial charge in [0.25, 0.3) is 0 Å². The number of hydrogen-bond donors (Lipinski definition) is 1. The molecular weight excluding hydrogens is 202 g/mol. The molecule has 0 saturated heterocycles. The monoisotopic (exact) mass is 232 g/mol. The first kappa shape index (κ1) is 17.8. The van der Waals surface area contributed by atoms with Gasteiger partial charge in [0.1, 0.15) is 0 Å². The molecule has 0 unspecified atom stereocenters. The predicted molar refractivity (Wildman–Crippen MR) is 69.6 cm³/mol. The second-order valence-electron chi connectivity index (χ2n) is 4.10. The van der Waals surface area contributed by atoms with Crippen LogP contribution in [0, 0.1) is 0 Å². The third-order valence-corrected chi connectivity index (χ3v) is 3.43. The van der Waals surface area contributed by atoms with E-state index in [2.05, 4.69) is 27.7 Å². The third kappa shape index (κ3) is 8.72. The van der Waals surface area contributed by atoms with Gasteiger partial charge in [0, 0.05) is 6.42 Å². The molecule has 3 nitrogen and oxygen atoms in total. The van der Waals surface area contributed by atoms with Crippen LogP contribution in [0.2, 0.25) is 0 Å². The van der Waals surface area contributed by atoms with Crippen molar-refractivity contribution in [1.82, 2.24) is 0 Å². The molecule has 98 valence electrons. The summed E-state index contributed by atoms with van der Waals surface area (Å²) in [5.41, 5.74) is 0. The van der Waals surface area contributed by atoms with Gasteiger partial charge in [-0.1, -0.05) is 13.3 Å². The Hall–Kier alpha value is -0.570. The van der Waals surface area contributed by atoms with Gasteiger partial charge >= 0.3 is 5.97 Å². The molecule has 16 heavy (non-hydrogen) atoms. The normalized spacial score (nSPS) is 10.6. The third-order valence-electron chi connectivity index (χ3n) is 3.43. The molecule has 0 aromatic rings. The average molecular weight is 232 g/mol.